The standard InChI is InChI=1S/C15H22O/c1-2-3-8-15(16)14-10-9-12-6-4-5-7-13(12)11-14/h12-14H,4-11H2,1H3. The monoisotopic (exact) mass is 218 g/mol. The summed E-state index contributed by atoms with van der Waals surface area (Å²) in [6.45, 7) is 1.81. The molecule has 2 saturated carbocycles. The average molecular weight is 218 g/mol. The van der Waals surface area contributed by atoms with Gasteiger partial charge in [0.15, 0.2) is 0 Å². The SMILES string of the molecule is CC#CCC(=O)C1CCC2CCCCC2C1. The Labute approximate surface area is 99.0 Å². The number of fused-ring (bicyclic) bond motifs is 1. The third kappa shape index (κ3) is 2.67. The van der Waals surface area contributed by atoms with Gasteiger partial charge in [0.2, 0.25) is 0 Å². The lowest BCUT2D eigenvalue weighted by Gasteiger charge is -2.38. The van der Waals surface area contributed by atoms with Crippen LogP contribution in [0.25, 0.3) is 0 Å². The zero-order chi connectivity index (χ0) is 11.4. The molecule has 3 unspecified atom stereocenters. The number of rotatable bonds is 2. The van der Waals surface area contributed by atoms with Crippen LogP contribution in [0.5, 0.6) is 0 Å². The van der Waals surface area contributed by atoms with Gasteiger partial charge in [0, 0.05) is 5.92 Å². The number of hydrogen-bond acceptors (Lipinski definition) is 1. The molecule has 0 spiro atoms. The minimum absolute atomic E-state index is 0.334. The van der Waals surface area contributed by atoms with Crippen molar-refractivity contribution in [2.24, 2.45) is 17.8 Å². The number of carbonyl (C=O) groups is 1. The van der Waals surface area contributed by atoms with Gasteiger partial charge in [-0.1, -0.05) is 31.6 Å². The van der Waals surface area contributed by atoms with Crippen molar-refractivity contribution < 1.29 is 4.79 Å². The van der Waals surface area contributed by atoms with E-state index in [2.05, 4.69) is 11.8 Å². The smallest absolute Gasteiger partial charge is 0.147 e. The third-order valence-electron chi connectivity index (χ3n) is 4.43. The Bertz CT molecular complexity index is 307. The zero-order valence-corrected chi connectivity index (χ0v) is 10.3. The Hall–Kier alpha value is -0.770. The Morgan fingerprint density at radius 3 is 2.62 bits per heavy atom. The summed E-state index contributed by atoms with van der Waals surface area (Å²) in [6, 6.07) is 0. The van der Waals surface area contributed by atoms with E-state index in [1.165, 1.54) is 32.1 Å². The maximum Gasteiger partial charge on any atom is 0.147 e. The van der Waals surface area contributed by atoms with Crippen molar-refractivity contribution in [3.8, 4) is 11.8 Å². The second kappa shape index (κ2) is 5.53. The highest BCUT2D eigenvalue weighted by atomic mass is 16.1. The van der Waals surface area contributed by atoms with Crippen LogP contribution >= 0.6 is 0 Å². The maximum atomic E-state index is 11.9. The normalized spacial score (nSPS) is 33.4. The number of ketones is 1. The lowest BCUT2D eigenvalue weighted by Crippen LogP contribution is -2.31. The molecule has 88 valence electrons. The van der Waals surface area contributed by atoms with Crippen LogP contribution in [0.4, 0.5) is 0 Å². The molecular formula is C15H22O. The molecule has 0 aliphatic heterocycles. The first kappa shape index (κ1) is 11.7. The number of hydrogen-bond donors (Lipinski definition) is 0. The van der Waals surface area contributed by atoms with Crippen molar-refractivity contribution in [3.05, 3.63) is 0 Å². The van der Waals surface area contributed by atoms with Crippen LogP contribution in [0.2, 0.25) is 0 Å². The summed E-state index contributed by atoms with van der Waals surface area (Å²) in [5.41, 5.74) is 0. The van der Waals surface area contributed by atoms with Gasteiger partial charge >= 0.3 is 0 Å². The maximum absolute atomic E-state index is 11.9. The molecule has 1 heteroatoms. The summed E-state index contributed by atoms with van der Waals surface area (Å²) in [6.07, 6.45) is 9.66. The molecule has 0 aromatic heterocycles. The van der Waals surface area contributed by atoms with Gasteiger partial charge in [-0.15, -0.1) is 5.92 Å². The molecule has 3 atom stereocenters. The molecule has 0 aromatic rings. The summed E-state index contributed by atoms with van der Waals surface area (Å²) in [7, 11) is 0. The first-order valence-corrected chi connectivity index (χ1v) is 6.73. The van der Waals surface area contributed by atoms with E-state index in [0.29, 0.717) is 18.1 Å². The first-order valence-electron chi connectivity index (χ1n) is 6.73. The van der Waals surface area contributed by atoms with E-state index >= 15 is 0 Å². The van der Waals surface area contributed by atoms with Crippen LogP contribution in [0.15, 0.2) is 0 Å². The quantitative estimate of drug-likeness (QED) is 0.647. The van der Waals surface area contributed by atoms with Crippen LogP contribution in [-0.2, 0) is 4.79 Å². The van der Waals surface area contributed by atoms with E-state index in [9.17, 15) is 4.79 Å². The molecule has 2 fully saturated rings. The minimum atomic E-state index is 0.334. The average Bonchev–Trinajstić information content (AvgIpc) is 2.35. The fourth-order valence-corrected chi connectivity index (χ4v) is 3.49. The van der Waals surface area contributed by atoms with Gasteiger partial charge in [-0.05, 0) is 38.0 Å². The van der Waals surface area contributed by atoms with E-state index < -0.39 is 0 Å². The molecule has 0 heterocycles. The van der Waals surface area contributed by atoms with Crippen LogP contribution in [0.3, 0.4) is 0 Å². The molecule has 0 saturated heterocycles. The number of carbonyl (C=O) groups excluding carboxylic acids is 1. The van der Waals surface area contributed by atoms with Crippen molar-refractivity contribution in [2.45, 2.75) is 58.3 Å². The largest absolute Gasteiger partial charge is 0.298 e. The van der Waals surface area contributed by atoms with Crippen LogP contribution in [0, 0.1) is 29.6 Å². The topological polar surface area (TPSA) is 17.1 Å². The second-order valence-electron chi connectivity index (χ2n) is 5.38. The van der Waals surface area contributed by atoms with Crippen molar-refractivity contribution in [1.82, 2.24) is 0 Å². The summed E-state index contributed by atoms with van der Waals surface area (Å²) >= 11 is 0. The molecule has 0 amide bonds. The van der Waals surface area contributed by atoms with Crippen molar-refractivity contribution in [1.29, 1.82) is 0 Å². The predicted octanol–water partition coefficient (Wildman–Crippen LogP) is 3.58. The predicted molar refractivity (Wildman–Crippen MR) is 65.9 cm³/mol. The van der Waals surface area contributed by atoms with E-state index in [4.69, 9.17) is 0 Å². The third-order valence-corrected chi connectivity index (χ3v) is 4.43. The van der Waals surface area contributed by atoms with Gasteiger partial charge < -0.3 is 0 Å². The summed E-state index contributed by atoms with van der Waals surface area (Å²) in [5, 5.41) is 0. The van der Waals surface area contributed by atoms with Crippen molar-refractivity contribution in [2.75, 3.05) is 0 Å². The second-order valence-corrected chi connectivity index (χ2v) is 5.38. The van der Waals surface area contributed by atoms with Crippen molar-refractivity contribution >= 4 is 5.78 Å². The zero-order valence-electron chi connectivity index (χ0n) is 10.3. The van der Waals surface area contributed by atoms with Gasteiger partial charge in [-0.3, -0.25) is 4.79 Å². The van der Waals surface area contributed by atoms with Gasteiger partial charge in [0.1, 0.15) is 5.78 Å². The van der Waals surface area contributed by atoms with E-state index in [0.717, 1.165) is 24.7 Å². The summed E-state index contributed by atoms with van der Waals surface area (Å²) < 4.78 is 0. The molecule has 2 rings (SSSR count). The Morgan fingerprint density at radius 2 is 1.88 bits per heavy atom. The highest BCUT2D eigenvalue weighted by Gasteiger charge is 2.34. The van der Waals surface area contributed by atoms with E-state index in [-0.39, 0.29) is 0 Å². The molecule has 1 nitrogen and oxygen atoms in total. The Kier molecular flexibility index (Phi) is 4.04. The Balaban J connectivity index is 1.88. The highest BCUT2D eigenvalue weighted by molar-refractivity contribution is 5.83. The molecule has 0 radical (unpaired) electrons. The summed E-state index contributed by atoms with van der Waals surface area (Å²) in [4.78, 5) is 11.9. The Morgan fingerprint density at radius 1 is 1.12 bits per heavy atom. The van der Waals surface area contributed by atoms with Gasteiger partial charge in [-0.2, -0.15) is 0 Å². The molecule has 16 heavy (non-hydrogen) atoms. The highest BCUT2D eigenvalue weighted by Crippen LogP contribution is 2.43. The fraction of sp³-hybridized carbons (Fsp3) is 0.800. The molecule has 0 bridgehead atoms. The van der Waals surface area contributed by atoms with Crippen LogP contribution in [-0.4, -0.2) is 5.78 Å². The van der Waals surface area contributed by atoms with Gasteiger partial charge in [0.05, 0.1) is 6.42 Å². The van der Waals surface area contributed by atoms with Crippen LogP contribution in [0.1, 0.15) is 58.3 Å². The van der Waals surface area contributed by atoms with Crippen LogP contribution < -0.4 is 0 Å². The lowest BCUT2D eigenvalue weighted by atomic mass is 9.66. The fourth-order valence-electron chi connectivity index (χ4n) is 3.49. The summed E-state index contributed by atoms with van der Waals surface area (Å²) in [5.74, 6) is 8.27. The van der Waals surface area contributed by atoms with E-state index in [1.54, 1.807) is 0 Å². The van der Waals surface area contributed by atoms with Crippen molar-refractivity contribution in [3.63, 3.8) is 0 Å². The van der Waals surface area contributed by atoms with Gasteiger partial charge in [0.25, 0.3) is 0 Å². The van der Waals surface area contributed by atoms with E-state index in [1.807, 2.05) is 6.92 Å². The minimum Gasteiger partial charge on any atom is -0.298 e. The molecule has 2 aliphatic carbocycles. The van der Waals surface area contributed by atoms with Gasteiger partial charge in [-0.25, -0.2) is 0 Å². The first-order chi connectivity index (χ1) is 7.81. The molecule has 0 N–H and O–H groups in total. The lowest BCUT2D eigenvalue weighted by molar-refractivity contribution is -0.124. The molecular weight excluding hydrogens is 196 g/mol. The number of Topliss-reactive ketones (excluding diaryl/α,β-unsaturated/α-hetero) is 1. The molecule has 0 aromatic carbocycles. The molecule has 2 aliphatic rings.